The lowest BCUT2D eigenvalue weighted by atomic mass is 9.89. The maximum atomic E-state index is 5.29. The van der Waals surface area contributed by atoms with Gasteiger partial charge in [-0.1, -0.05) is 6.92 Å². The number of nitrogens with one attached hydrogen (secondary N) is 1. The maximum absolute atomic E-state index is 5.29. The van der Waals surface area contributed by atoms with E-state index in [0.717, 1.165) is 26.3 Å². The standard InChI is InChI=1S/C9H17NO2/c1-7-8(12-7)3-10-4-9(2)5-11-6-9/h7-8,10H,3-6H2,1-2H3. The summed E-state index contributed by atoms with van der Waals surface area (Å²) in [5, 5.41) is 3.42. The Balaban J connectivity index is 1.56. The molecular formula is C9H17NO2. The van der Waals surface area contributed by atoms with Crippen LogP contribution in [0.3, 0.4) is 0 Å². The van der Waals surface area contributed by atoms with E-state index >= 15 is 0 Å². The lowest BCUT2D eigenvalue weighted by molar-refractivity contribution is -0.0990. The van der Waals surface area contributed by atoms with Crippen molar-refractivity contribution in [2.24, 2.45) is 5.41 Å². The second kappa shape index (κ2) is 2.98. The van der Waals surface area contributed by atoms with Crippen LogP contribution in [-0.4, -0.2) is 38.5 Å². The first-order valence-electron chi connectivity index (χ1n) is 4.64. The normalized spacial score (nSPS) is 37.5. The molecule has 0 aromatic carbocycles. The van der Waals surface area contributed by atoms with Crippen molar-refractivity contribution in [1.82, 2.24) is 5.32 Å². The lowest BCUT2D eigenvalue weighted by Gasteiger charge is -2.38. The molecule has 3 nitrogen and oxygen atoms in total. The summed E-state index contributed by atoms with van der Waals surface area (Å²) in [5.41, 5.74) is 0.387. The van der Waals surface area contributed by atoms with Crippen LogP contribution in [0.1, 0.15) is 13.8 Å². The van der Waals surface area contributed by atoms with E-state index in [1.54, 1.807) is 0 Å². The van der Waals surface area contributed by atoms with E-state index in [-0.39, 0.29) is 0 Å². The minimum Gasteiger partial charge on any atom is -0.380 e. The fourth-order valence-corrected chi connectivity index (χ4v) is 1.51. The molecule has 0 aromatic rings. The first-order valence-corrected chi connectivity index (χ1v) is 4.64. The van der Waals surface area contributed by atoms with Crippen molar-refractivity contribution in [3.05, 3.63) is 0 Å². The highest BCUT2D eigenvalue weighted by molar-refractivity contribution is 4.86. The topological polar surface area (TPSA) is 33.8 Å². The van der Waals surface area contributed by atoms with Crippen LogP contribution in [0, 0.1) is 5.41 Å². The minimum atomic E-state index is 0.387. The van der Waals surface area contributed by atoms with Crippen LogP contribution in [0.25, 0.3) is 0 Å². The zero-order valence-corrected chi connectivity index (χ0v) is 7.80. The summed E-state index contributed by atoms with van der Waals surface area (Å²) in [6, 6.07) is 0. The molecule has 2 aliphatic heterocycles. The molecule has 0 aliphatic carbocycles. The Morgan fingerprint density at radius 2 is 2.17 bits per heavy atom. The Labute approximate surface area is 73.4 Å². The second-order valence-electron chi connectivity index (χ2n) is 4.31. The van der Waals surface area contributed by atoms with E-state index in [9.17, 15) is 0 Å². The predicted molar refractivity (Wildman–Crippen MR) is 46.1 cm³/mol. The van der Waals surface area contributed by atoms with E-state index in [1.807, 2.05) is 0 Å². The predicted octanol–water partition coefficient (Wildman–Crippen LogP) is 0.400. The van der Waals surface area contributed by atoms with Gasteiger partial charge in [0.25, 0.3) is 0 Å². The highest BCUT2D eigenvalue weighted by Crippen LogP contribution is 2.25. The Morgan fingerprint density at radius 3 is 2.58 bits per heavy atom. The molecule has 12 heavy (non-hydrogen) atoms. The molecule has 2 rings (SSSR count). The fraction of sp³-hybridized carbons (Fsp3) is 1.00. The highest BCUT2D eigenvalue weighted by atomic mass is 16.6. The molecule has 2 heterocycles. The van der Waals surface area contributed by atoms with E-state index in [0.29, 0.717) is 17.6 Å². The van der Waals surface area contributed by atoms with Gasteiger partial charge in [-0.2, -0.15) is 0 Å². The molecule has 2 fully saturated rings. The monoisotopic (exact) mass is 171 g/mol. The van der Waals surface area contributed by atoms with Gasteiger partial charge in [-0.25, -0.2) is 0 Å². The van der Waals surface area contributed by atoms with E-state index in [2.05, 4.69) is 19.2 Å². The van der Waals surface area contributed by atoms with Gasteiger partial charge in [0.15, 0.2) is 0 Å². The van der Waals surface area contributed by atoms with Crippen LogP contribution in [0.5, 0.6) is 0 Å². The van der Waals surface area contributed by atoms with Gasteiger partial charge in [-0.15, -0.1) is 0 Å². The molecule has 2 unspecified atom stereocenters. The molecule has 0 radical (unpaired) electrons. The van der Waals surface area contributed by atoms with Crippen LogP contribution in [0.4, 0.5) is 0 Å². The van der Waals surface area contributed by atoms with Gasteiger partial charge in [-0.05, 0) is 6.92 Å². The Kier molecular flexibility index (Phi) is 2.10. The van der Waals surface area contributed by atoms with E-state index < -0.39 is 0 Å². The number of epoxide rings is 1. The summed E-state index contributed by atoms with van der Waals surface area (Å²) in [5.74, 6) is 0. The summed E-state index contributed by atoms with van der Waals surface area (Å²) >= 11 is 0. The minimum absolute atomic E-state index is 0.387. The van der Waals surface area contributed by atoms with Gasteiger partial charge in [0.05, 0.1) is 25.4 Å². The Bertz CT molecular complexity index is 168. The third-order valence-corrected chi connectivity index (χ3v) is 2.63. The van der Waals surface area contributed by atoms with Gasteiger partial charge in [0.2, 0.25) is 0 Å². The Morgan fingerprint density at radius 1 is 1.50 bits per heavy atom. The fourth-order valence-electron chi connectivity index (χ4n) is 1.51. The third kappa shape index (κ3) is 1.79. The van der Waals surface area contributed by atoms with Crippen molar-refractivity contribution in [3.8, 4) is 0 Å². The molecule has 1 N–H and O–H groups in total. The number of hydrogen-bond donors (Lipinski definition) is 1. The summed E-state index contributed by atoms with van der Waals surface area (Å²) < 4.78 is 10.5. The van der Waals surface area contributed by atoms with Crippen molar-refractivity contribution in [2.45, 2.75) is 26.1 Å². The molecule has 0 saturated carbocycles. The maximum Gasteiger partial charge on any atom is 0.0962 e. The van der Waals surface area contributed by atoms with Crippen LogP contribution < -0.4 is 5.32 Å². The molecule has 0 aromatic heterocycles. The number of rotatable bonds is 4. The Hall–Kier alpha value is -0.120. The molecule has 3 heteroatoms. The molecule has 2 saturated heterocycles. The lowest BCUT2D eigenvalue weighted by Crippen LogP contribution is -2.47. The second-order valence-corrected chi connectivity index (χ2v) is 4.31. The molecule has 2 atom stereocenters. The van der Waals surface area contributed by atoms with Crippen molar-refractivity contribution in [1.29, 1.82) is 0 Å². The van der Waals surface area contributed by atoms with Crippen LogP contribution >= 0.6 is 0 Å². The third-order valence-electron chi connectivity index (χ3n) is 2.63. The largest absolute Gasteiger partial charge is 0.380 e. The zero-order chi connectivity index (χ0) is 8.60. The van der Waals surface area contributed by atoms with Crippen LogP contribution in [0.15, 0.2) is 0 Å². The molecule has 0 bridgehead atoms. The smallest absolute Gasteiger partial charge is 0.0962 e. The number of ether oxygens (including phenoxy) is 2. The summed E-state index contributed by atoms with van der Waals surface area (Å²) in [6.07, 6.45) is 0.942. The average Bonchev–Trinajstić information content (AvgIpc) is 2.63. The molecule has 2 aliphatic rings. The molecule has 70 valence electrons. The van der Waals surface area contributed by atoms with Gasteiger partial charge in [-0.3, -0.25) is 0 Å². The zero-order valence-electron chi connectivity index (χ0n) is 7.80. The summed E-state index contributed by atoms with van der Waals surface area (Å²) in [7, 11) is 0. The summed E-state index contributed by atoms with van der Waals surface area (Å²) in [4.78, 5) is 0. The highest BCUT2D eigenvalue weighted by Gasteiger charge is 2.36. The molecule has 0 amide bonds. The van der Waals surface area contributed by atoms with Gasteiger partial charge >= 0.3 is 0 Å². The van der Waals surface area contributed by atoms with Gasteiger partial charge in [0, 0.05) is 18.5 Å². The van der Waals surface area contributed by atoms with E-state index in [4.69, 9.17) is 9.47 Å². The number of hydrogen-bond acceptors (Lipinski definition) is 3. The SMILES string of the molecule is CC1OC1CNCC1(C)COC1. The molecule has 0 spiro atoms. The van der Waals surface area contributed by atoms with Crippen molar-refractivity contribution >= 4 is 0 Å². The van der Waals surface area contributed by atoms with E-state index in [1.165, 1.54) is 0 Å². The van der Waals surface area contributed by atoms with Crippen LogP contribution in [0.2, 0.25) is 0 Å². The first-order chi connectivity index (χ1) is 5.70. The average molecular weight is 171 g/mol. The van der Waals surface area contributed by atoms with Gasteiger partial charge in [0.1, 0.15) is 0 Å². The van der Waals surface area contributed by atoms with Crippen molar-refractivity contribution < 1.29 is 9.47 Å². The van der Waals surface area contributed by atoms with Crippen LogP contribution in [-0.2, 0) is 9.47 Å². The summed E-state index contributed by atoms with van der Waals surface area (Å²) in [6.45, 7) is 8.22. The quantitative estimate of drug-likeness (QED) is 0.622. The first kappa shape index (κ1) is 8.48. The van der Waals surface area contributed by atoms with Crippen molar-refractivity contribution in [2.75, 3.05) is 26.3 Å². The molecular weight excluding hydrogens is 154 g/mol. The van der Waals surface area contributed by atoms with Gasteiger partial charge < -0.3 is 14.8 Å². The van der Waals surface area contributed by atoms with Crippen molar-refractivity contribution in [3.63, 3.8) is 0 Å².